The minimum absolute atomic E-state index is 0.130. The number of hydrogen-bond acceptors (Lipinski definition) is 3. The van der Waals surface area contributed by atoms with Crippen molar-refractivity contribution in [3.63, 3.8) is 0 Å². The molecule has 1 aromatic rings. The molecular weight excluding hydrogens is 310 g/mol. The summed E-state index contributed by atoms with van der Waals surface area (Å²) < 4.78 is 24.6. The predicted molar refractivity (Wildman–Crippen MR) is 83.9 cm³/mol. The summed E-state index contributed by atoms with van der Waals surface area (Å²) in [7, 11) is -3.52. The Balaban J connectivity index is 2.00. The molecule has 4 nitrogen and oxygen atoms in total. The van der Waals surface area contributed by atoms with Crippen LogP contribution in [-0.2, 0) is 20.4 Å². The van der Waals surface area contributed by atoms with Gasteiger partial charge in [0.05, 0.1) is 5.75 Å². The lowest BCUT2D eigenvalue weighted by molar-refractivity contribution is -0.121. The zero-order valence-electron chi connectivity index (χ0n) is 12.0. The normalized spacial score (nSPS) is 17.6. The first kappa shape index (κ1) is 16.3. The van der Waals surface area contributed by atoms with E-state index in [1.165, 1.54) is 6.92 Å². The average Bonchev–Trinajstić information content (AvgIpc) is 2.93. The molecule has 0 radical (unpaired) electrons. The fraction of sp³-hybridized carbons (Fsp3) is 0.533. The second-order valence-electron chi connectivity index (χ2n) is 5.57. The summed E-state index contributed by atoms with van der Waals surface area (Å²) in [5.41, 5.74) is 0.639. The molecule has 21 heavy (non-hydrogen) atoms. The standard InChI is InChI=1S/C15H20ClNO3S/c1-11(15(18)17-14-4-2-3-5-14)21(19,20)10-12-6-8-13(16)9-7-12/h6-9,11,14H,2-5,10H2,1H3,(H,17,18)/t11-/m1/s1. The summed E-state index contributed by atoms with van der Waals surface area (Å²) in [6, 6.07) is 6.76. The fourth-order valence-electron chi connectivity index (χ4n) is 2.49. The predicted octanol–water partition coefficient (Wildman–Crippen LogP) is 2.70. The lowest BCUT2D eigenvalue weighted by atomic mass is 10.2. The number of benzene rings is 1. The topological polar surface area (TPSA) is 63.2 Å². The van der Waals surface area contributed by atoms with Crippen molar-refractivity contribution in [1.29, 1.82) is 0 Å². The highest BCUT2D eigenvalue weighted by molar-refractivity contribution is 7.92. The third-order valence-electron chi connectivity index (χ3n) is 3.89. The molecule has 1 aromatic carbocycles. The Labute approximate surface area is 130 Å². The Bertz CT molecular complexity index is 592. The van der Waals surface area contributed by atoms with Gasteiger partial charge in [-0.2, -0.15) is 0 Å². The summed E-state index contributed by atoms with van der Waals surface area (Å²) in [6.45, 7) is 1.45. The Hall–Kier alpha value is -1.07. The highest BCUT2D eigenvalue weighted by Gasteiger charge is 2.30. The van der Waals surface area contributed by atoms with E-state index in [-0.39, 0.29) is 11.8 Å². The van der Waals surface area contributed by atoms with E-state index in [1.54, 1.807) is 24.3 Å². The molecule has 1 atom stereocenters. The van der Waals surface area contributed by atoms with E-state index in [1.807, 2.05) is 0 Å². The molecule has 2 rings (SSSR count). The molecule has 1 amide bonds. The van der Waals surface area contributed by atoms with Crippen LogP contribution in [0.5, 0.6) is 0 Å². The lowest BCUT2D eigenvalue weighted by Gasteiger charge is -2.17. The number of sulfone groups is 1. The number of rotatable bonds is 5. The summed E-state index contributed by atoms with van der Waals surface area (Å²) in [5.74, 6) is -0.542. The van der Waals surface area contributed by atoms with E-state index in [9.17, 15) is 13.2 Å². The number of hydrogen-bond donors (Lipinski definition) is 1. The summed E-state index contributed by atoms with van der Waals surface area (Å²) in [4.78, 5) is 12.1. The molecule has 0 saturated heterocycles. The van der Waals surface area contributed by atoms with Gasteiger partial charge in [0, 0.05) is 11.1 Å². The van der Waals surface area contributed by atoms with Crippen molar-refractivity contribution in [2.45, 2.75) is 49.7 Å². The Morgan fingerprint density at radius 3 is 2.43 bits per heavy atom. The van der Waals surface area contributed by atoms with Gasteiger partial charge in [0.15, 0.2) is 9.84 Å². The van der Waals surface area contributed by atoms with E-state index < -0.39 is 21.0 Å². The number of halogens is 1. The van der Waals surface area contributed by atoms with Gasteiger partial charge >= 0.3 is 0 Å². The maximum atomic E-state index is 12.3. The molecule has 1 fully saturated rings. The second-order valence-corrected chi connectivity index (χ2v) is 8.32. The smallest absolute Gasteiger partial charge is 0.238 e. The number of nitrogens with one attached hydrogen (secondary N) is 1. The third-order valence-corrected chi connectivity index (χ3v) is 6.17. The van der Waals surface area contributed by atoms with Crippen LogP contribution in [0, 0.1) is 0 Å². The zero-order chi connectivity index (χ0) is 15.5. The number of amides is 1. The van der Waals surface area contributed by atoms with Crippen molar-refractivity contribution < 1.29 is 13.2 Å². The Morgan fingerprint density at radius 2 is 1.86 bits per heavy atom. The second kappa shape index (κ2) is 6.79. The highest BCUT2D eigenvalue weighted by atomic mass is 35.5. The molecular formula is C15H20ClNO3S. The van der Waals surface area contributed by atoms with Crippen molar-refractivity contribution >= 4 is 27.3 Å². The van der Waals surface area contributed by atoms with Gasteiger partial charge in [-0.15, -0.1) is 0 Å². The molecule has 116 valence electrons. The molecule has 0 aliphatic heterocycles. The van der Waals surface area contributed by atoms with Crippen LogP contribution in [0.1, 0.15) is 38.2 Å². The van der Waals surface area contributed by atoms with Gasteiger partial charge in [0.25, 0.3) is 0 Å². The fourth-order valence-corrected chi connectivity index (χ4v) is 3.92. The van der Waals surface area contributed by atoms with Crippen molar-refractivity contribution in [3.05, 3.63) is 34.9 Å². The van der Waals surface area contributed by atoms with E-state index in [4.69, 9.17) is 11.6 Å². The molecule has 0 spiro atoms. The molecule has 1 aliphatic rings. The van der Waals surface area contributed by atoms with Crippen LogP contribution >= 0.6 is 11.6 Å². The van der Waals surface area contributed by atoms with Gasteiger partial charge in [-0.3, -0.25) is 4.79 Å². The quantitative estimate of drug-likeness (QED) is 0.903. The van der Waals surface area contributed by atoms with Crippen LogP contribution in [-0.4, -0.2) is 25.6 Å². The maximum Gasteiger partial charge on any atom is 0.238 e. The first-order valence-electron chi connectivity index (χ1n) is 7.15. The van der Waals surface area contributed by atoms with Crippen LogP contribution in [0.2, 0.25) is 5.02 Å². The van der Waals surface area contributed by atoms with E-state index in [0.717, 1.165) is 25.7 Å². The molecule has 0 unspecified atom stereocenters. The van der Waals surface area contributed by atoms with Gasteiger partial charge in [-0.25, -0.2) is 8.42 Å². The van der Waals surface area contributed by atoms with Crippen molar-refractivity contribution in [2.24, 2.45) is 0 Å². The average molecular weight is 330 g/mol. The first-order valence-corrected chi connectivity index (χ1v) is 9.24. The Kier molecular flexibility index (Phi) is 5.27. The van der Waals surface area contributed by atoms with Crippen LogP contribution in [0.25, 0.3) is 0 Å². The first-order chi connectivity index (χ1) is 9.88. The van der Waals surface area contributed by atoms with Crippen LogP contribution in [0.3, 0.4) is 0 Å². The lowest BCUT2D eigenvalue weighted by Crippen LogP contribution is -2.42. The minimum Gasteiger partial charge on any atom is -0.352 e. The Morgan fingerprint density at radius 1 is 1.29 bits per heavy atom. The largest absolute Gasteiger partial charge is 0.352 e. The van der Waals surface area contributed by atoms with Crippen molar-refractivity contribution in [3.8, 4) is 0 Å². The molecule has 1 N–H and O–H groups in total. The molecule has 6 heteroatoms. The number of carbonyl (C=O) groups excluding carboxylic acids is 1. The van der Waals surface area contributed by atoms with Gasteiger partial charge in [0.1, 0.15) is 5.25 Å². The molecule has 0 heterocycles. The van der Waals surface area contributed by atoms with Crippen molar-refractivity contribution in [1.82, 2.24) is 5.32 Å². The van der Waals surface area contributed by atoms with Crippen LogP contribution in [0.4, 0.5) is 0 Å². The van der Waals surface area contributed by atoms with Gasteiger partial charge < -0.3 is 5.32 Å². The van der Waals surface area contributed by atoms with Crippen LogP contribution < -0.4 is 5.32 Å². The molecule has 1 saturated carbocycles. The third kappa shape index (κ3) is 4.45. The van der Waals surface area contributed by atoms with E-state index in [0.29, 0.717) is 10.6 Å². The van der Waals surface area contributed by atoms with Gasteiger partial charge in [-0.1, -0.05) is 36.6 Å². The number of carbonyl (C=O) groups is 1. The SMILES string of the molecule is C[C@H](C(=O)NC1CCCC1)S(=O)(=O)Cc1ccc(Cl)cc1. The van der Waals surface area contributed by atoms with Gasteiger partial charge in [0.2, 0.25) is 5.91 Å². The minimum atomic E-state index is -3.52. The summed E-state index contributed by atoms with van der Waals surface area (Å²) in [5, 5.41) is 2.37. The monoisotopic (exact) mass is 329 g/mol. The van der Waals surface area contributed by atoms with E-state index >= 15 is 0 Å². The molecule has 1 aliphatic carbocycles. The van der Waals surface area contributed by atoms with Gasteiger partial charge in [-0.05, 0) is 37.5 Å². The maximum absolute atomic E-state index is 12.3. The summed E-state index contributed by atoms with van der Waals surface area (Å²) in [6.07, 6.45) is 4.07. The molecule has 0 bridgehead atoms. The zero-order valence-corrected chi connectivity index (χ0v) is 13.6. The molecule has 0 aromatic heterocycles. The van der Waals surface area contributed by atoms with E-state index in [2.05, 4.69) is 5.32 Å². The summed E-state index contributed by atoms with van der Waals surface area (Å²) >= 11 is 5.78. The van der Waals surface area contributed by atoms with Crippen molar-refractivity contribution in [2.75, 3.05) is 0 Å². The van der Waals surface area contributed by atoms with Crippen LogP contribution in [0.15, 0.2) is 24.3 Å². The highest BCUT2D eigenvalue weighted by Crippen LogP contribution is 2.19.